The van der Waals surface area contributed by atoms with Gasteiger partial charge in [-0.25, -0.2) is 9.37 Å². The quantitative estimate of drug-likeness (QED) is 0.796. The molecule has 0 radical (unpaired) electrons. The van der Waals surface area contributed by atoms with E-state index in [9.17, 15) is 9.50 Å². The van der Waals surface area contributed by atoms with Crippen molar-refractivity contribution in [2.75, 3.05) is 0 Å². The molecule has 3 rings (SSSR count). The lowest BCUT2D eigenvalue weighted by atomic mass is 9.72. The van der Waals surface area contributed by atoms with Gasteiger partial charge in [-0.2, -0.15) is 0 Å². The van der Waals surface area contributed by atoms with E-state index < -0.39 is 11.4 Å². The van der Waals surface area contributed by atoms with Gasteiger partial charge in [0.2, 0.25) is 4.77 Å². The Kier molecular flexibility index (Phi) is 4.57. The summed E-state index contributed by atoms with van der Waals surface area (Å²) in [5.74, 6) is -0.491. The lowest BCUT2D eigenvalue weighted by molar-refractivity contribution is -0.0910. The average Bonchev–Trinajstić information content (AvgIpc) is 3.00. The molecule has 24 heavy (non-hydrogen) atoms. The van der Waals surface area contributed by atoms with E-state index in [1.807, 2.05) is 13.8 Å². The smallest absolute Gasteiger partial charge is 0.215 e. The van der Waals surface area contributed by atoms with Crippen molar-refractivity contribution >= 4 is 23.8 Å². The lowest BCUT2D eigenvalue weighted by Crippen LogP contribution is -2.49. The average molecular weight is 370 g/mol. The number of benzene rings is 1. The maximum Gasteiger partial charge on any atom is 0.215 e. The summed E-state index contributed by atoms with van der Waals surface area (Å²) in [6, 6.07) is 5.01. The third-order valence-corrected chi connectivity index (χ3v) is 6.10. The first-order chi connectivity index (χ1) is 11.2. The van der Waals surface area contributed by atoms with Crippen LogP contribution in [0.25, 0.3) is 0 Å². The Labute approximate surface area is 150 Å². The monoisotopic (exact) mass is 369 g/mol. The van der Waals surface area contributed by atoms with Crippen molar-refractivity contribution in [2.45, 2.75) is 45.3 Å². The van der Waals surface area contributed by atoms with Crippen LogP contribution < -0.4 is 0 Å². The van der Waals surface area contributed by atoms with Crippen LogP contribution in [0.15, 0.2) is 24.5 Å². The van der Waals surface area contributed by atoms with Gasteiger partial charge in [0.15, 0.2) is 0 Å². The number of halogens is 2. The first-order valence-electron chi connectivity index (χ1n) is 8.00. The van der Waals surface area contributed by atoms with Gasteiger partial charge in [0.1, 0.15) is 12.1 Å². The van der Waals surface area contributed by atoms with E-state index in [0.717, 1.165) is 12.8 Å². The summed E-state index contributed by atoms with van der Waals surface area (Å²) >= 11 is 11.1. The van der Waals surface area contributed by atoms with Gasteiger partial charge in [-0.05, 0) is 54.4 Å². The van der Waals surface area contributed by atoms with Crippen molar-refractivity contribution in [3.05, 3.63) is 45.7 Å². The highest BCUT2D eigenvalue weighted by Crippen LogP contribution is 2.51. The Bertz CT molecular complexity index is 803. The zero-order chi connectivity index (χ0) is 17.5. The van der Waals surface area contributed by atoms with Crippen molar-refractivity contribution in [1.82, 2.24) is 14.8 Å². The van der Waals surface area contributed by atoms with E-state index in [2.05, 4.69) is 10.1 Å². The fraction of sp³-hybridized carbons (Fsp3) is 0.529. The normalized spacial score (nSPS) is 26.0. The van der Waals surface area contributed by atoms with Crippen molar-refractivity contribution in [1.29, 1.82) is 0 Å². The molecule has 1 aliphatic rings. The fourth-order valence-electron chi connectivity index (χ4n) is 3.76. The van der Waals surface area contributed by atoms with Crippen LogP contribution in [0.1, 0.15) is 32.3 Å². The highest BCUT2D eigenvalue weighted by Gasteiger charge is 2.54. The second-order valence-corrected chi connectivity index (χ2v) is 7.99. The highest BCUT2D eigenvalue weighted by atomic mass is 35.5. The number of rotatable bonds is 4. The standard InChI is InChI=1S/C17H21ClFN3OS/c1-16(2)7-6-12(8-11-4-3-5-13(18)14(11)19)17(16,23)9-22-15(24)20-10-21-22/h3-5,10,12,23H,6-9H2,1-2H3,(H,20,21,24)/t12-,17-/m0/s1. The molecule has 0 saturated heterocycles. The Morgan fingerprint density at radius 3 is 2.92 bits per heavy atom. The van der Waals surface area contributed by atoms with Crippen LogP contribution in [-0.2, 0) is 13.0 Å². The summed E-state index contributed by atoms with van der Waals surface area (Å²) in [6.07, 6.45) is 3.63. The molecule has 4 nitrogen and oxygen atoms in total. The second kappa shape index (κ2) is 6.24. The molecule has 1 aromatic heterocycles. The van der Waals surface area contributed by atoms with Crippen LogP contribution in [0.5, 0.6) is 0 Å². The molecule has 0 bridgehead atoms. The number of aromatic nitrogens is 3. The van der Waals surface area contributed by atoms with E-state index in [4.69, 9.17) is 23.8 Å². The molecule has 2 atom stereocenters. The Hall–Kier alpha value is -1.24. The molecule has 1 heterocycles. The minimum Gasteiger partial charge on any atom is -0.387 e. The molecular weight excluding hydrogens is 349 g/mol. The molecule has 1 saturated carbocycles. The largest absolute Gasteiger partial charge is 0.387 e. The molecule has 1 aliphatic carbocycles. The van der Waals surface area contributed by atoms with Gasteiger partial charge in [0.25, 0.3) is 0 Å². The first kappa shape index (κ1) is 17.6. The van der Waals surface area contributed by atoms with E-state index in [1.54, 1.807) is 16.8 Å². The van der Waals surface area contributed by atoms with Gasteiger partial charge < -0.3 is 5.11 Å². The number of aromatic amines is 1. The molecule has 0 spiro atoms. The topological polar surface area (TPSA) is 53.8 Å². The maximum absolute atomic E-state index is 14.3. The molecular formula is C17H21ClFN3OS. The molecule has 1 aromatic carbocycles. The van der Waals surface area contributed by atoms with Crippen LogP contribution in [0.4, 0.5) is 4.39 Å². The maximum atomic E-state index is 14.3. The predicted octanol–water partition coefficient (Wildman–Crippen LogP) is 4.14. The molecule has 0 unspecified atom stereocenters. The zero-order valence-electron chi connectivity index (χ0n) is 13.7. The Morgan fingerprint density at radius 2 is 2.25 bits per heavy atom. The number of aliphatic hydroxyl groups is 1. The predicted molar refractivity (Wildman–Crippen MR) is 94.0 cm³/mol. The molecule has 1 fully saturated rings. The molecule has 0 amide bonds. The summed E-state index contributed by atoms with van der Waals surface area (Å²) in [5, 5.41) is 14.6. The number of nitrogens with one attached hydrogen (secondary N) is 1. The molecule has 7 heteroatoms. The Morgan fingerprint density at radius 1 is 1.50 bits per heavy atom. The van der Waals surface area contributed by atoms with Crippen LogP contribution >= 0.6 is 23.8 Å². The second-order valence-electron chi connectivity index (χ2n) is 7.22. The number of hydrogen-bond acceptors (Lipinski definition) is 3. The number of hydrogen-bond donors (Lipinski definition) is 2. The first-order valence-corrected chi connectivity index (χ1v) is 8.79. The van der Waals surface area contributed by atoms with Crippen LogP contribution in [0.3, 0.4) is 0 Å². The highest BCUT2D eigenvalue weighted by molar-refractivity contribution is 7.71. The van der Waals surface area contributed by atoms with E-state index in [0.29, 0.717) is 23.3 Å². The third-order valence-electron chi connectivity index (χ3n) is 5.48. The van der Waals surface area contributed by atoms with E-state index in [1.165, 1.54) is 12.4 Å². The van der Waals surface area contributed by atoms with Gasteiger partial charge in [-0.3, -0.25) is 9.78 Å². The molecule has 0 aliphatic heterocycles. The van der Waals surface area contributed by atoms with Gasteiger partial charge >= 0.3 is 0 Å². The van der Waals surface area contributed by atoms with E-state index in [-0.39, 0.29) is 16.4 Å². The Balaban J connectivity index is 1.93. The summed E-state index contributed by atoms with van der Waals surface area (Å²) in [4.78, 5) is 4.01. The number of H-pyrrole nitrogens is 1. The van der Waals surface area contributed by atoms with Crippen molar-refractivity contribution in [2.24, 2.45) is 11.3 Å². The lowest BCUT2D eigenvalue weighted by Gasteiger charge is -2.41. The number of nitrogens with zero attached hydrogens (tertiary/aromatic N) is 2. The van der Waals surface area contributed by atoms with Crippen LogP contribution in [0, 0.1) is 21.9 Å². The molecule has 2 N–H and O–H groups in total. The third kappa shape index (κ3) is 2.91. The molecule has 130 valence electrons. The van der Waals surface area contributed by atoms with Crippen molar-refractivity contribution in [3.63, 3.8) is 0 Å². The van der Waals surface area contributed by atoms with Gasteiger partial charge in [0, 0.05) is 0 Å². The minimum atomic E-state index is -1.02. The SMILES string of the molecule is CC1(C)CC[C@@H](Cc2cccc(Cl)c2F)[C@@]1(O)Cn1[nH]cnc1=S. The summed E-state index contributed by atoms with van der Waals surface area (Å²) < 4.78 is 16.4. The van der Waals surface area contributed by atoms with E-state index >= 15 is 0 Å². The van der Waals surface area contributed by atoms with Crippen LogP contribution in [-0.4, -0.2) is 25.5 Å². The van der Waals surface area contributed by atoms with Gasteiger partial charge in [-0.1, -0.05) is 37.6 Å². The summed E-state index contributed by atoms with van der Waals surface area (Å²) in [7, 11) is 0. The van der Waals surface area contributed by atoms with Crippen molar-refractivity contribution in [3.8, 4) is 0 Å². The summed E-state index contributed by atoms with van der Waals surface area (Å²) in [6.45, 7) is 4.40. The van der Waals surface area contributed by atoms with Gasteiger partial charge in [0.05, 0.1) is 17.2 Å². The molecule has 2 aromatic rings. The van der Waals surface area contributed by atoms with Crippen LogP contribution in [0.2, 0.25) is 5.02 Å². The summed E-state index contributed by atoms with van der Waals surface area (Å²) in [5.41, 5.74) is -0.795. The van der Waals surface area contributed by atoms with Gasteiger partial charge in [-0.15, -0.1) is 0 Å². The zero-order valence-corrected chi connectivity index (χ0v) is 15.3. The van der Waals surface area contributed by atoms with Crippen molar-refractivity contribution < 1.29 is 9.50 Å². The fourth-order valence-corrected chi connectivity index (χ4v) is 4.13. The minimum absolute atomic E-state index is 0.0920.